The Hall–Kier alpha value is -3.02. The lowest BCUT2D eigenvalue weighted by atomic mass is 9.86. The van der Waals surface area contributed by atoms with Gasteiger partial charge in [0.05, 0.1) is 18.3 Å². The zero-order chi connectivity index (χ0) is 23.2. The quantitative estimate of drug-likeness (QED) is 0.602. The molecule has 1 aliphatic carbocycles. The van der Waals surface area contributed by atoms with E-state index in [4.69, 9.17) is 4.42 Å². The van der Waals surface area contributed by atoms with Gasteiger partial charge in [-0.3, -0.25) is 9.59 Å². The van der Waals surface area contributed by atoms with Crippen molar-refractivity contribution in [1.82, 2.24) is 14.8 Å². The Morgan fingerprint density at radius 3 is 2.64 bits per heavy atom. The highest BCUT2D eigenvalue weighted by Crippen LogP contribution is 2.35. The number of carbonyl (C=O) groups is 2. The molecular weight excluding hydrogens is 414 g/mol. The summed E-state index contributed by atoms with van der Waals surface area (Å²) in [6.45, 7) is 7.19. The minimum absolute atomic E-state index is 0.0633. The molecule has 174 valence electrons. The van der Waals surface area contributed by atoms with Gasteiger partial charge < -0.3 is 19.2 Å². The minimum atomic E-state index is -0.987. The third kappa shape index (κ3) is 3.85. The van der Waals surface area contributed by atoms with Gasteiger partial charge in [0.1, 0.15) is 11.2 Å². The van der Waals surface area contributed by atoms with Crippen LogP contribution in [0, 0.1) is 5.92 Å². The molecule has 1 N–H and O–H groups in total. The van der Waals surface area contributed by atoms with Crippen LogP contribution in [0.15, 0.2) is 53.1 Å². The second kappa shape index (κ2) is 8.40. The van der Waals surface area contributed by atoms with Crippen molar-refractivity contribution in [3.05, 3.63) is 60.0 Å². The number of carbonyl (C=O) groups excluding carboxylic acids is 2. The van der Waals surface area contributed by atoms with E-state index in [1.165, 1.54) is 0 Å². The first-order valence-corrected chi connectivity index (χ1v) is 12.1. The molecular formula is C27H33N3O3. The van der Waals surface area contributed by atoms with E-state index in [0.29, 0.717) is 30.3 Å². The molecule has 1 saturated carbocycles. The van der Waals surface area contributed by atoms with Crippen LogP contribution in [0.3, 0.4) is 0 Å². The Labute approximate surface area is 194 Å². The van der Waals surface area contributed by atoms with Gasteiger partial charge >= 0.3 is 0 Å². The first kappa shape index (κ1) is 21.8. The third-order valence-corrected chi connectivity index (χ3v) is 7.71. The molecule has 0 unspecified atom stereocenters. The lowest BCUT2D eigenvalue weighted by Gasteiger charge is -2.45. The van der Waals surface area contributed by atoms with E-state index in [2.05, 4.69) is 31.3 Å². The maximum Gasteiger partial charge on any atom is 0.271 e. The summed E-state index contributed by atoms with van der Waals surface area (Å²) in [6.07, 6.45) is 5.89. The monoisotopic (exact) mass is 447 g/mol. The molecule has 33 heavy (non-hydrogen) atoms. The summed E-state index contributed by atoms with van der Waals surface area (Å²) in [5.74, 6) is 0.629. The Balaban J connectivity index is 1.48. The Morgan fingerprint density at radius 1 is 1.18 bits per heavy atom. The maximum atomic E-state index is 13.8. The summed E-state index contributed by atoms with van der Waals surface area (Å²) in [7, 11) is 0. The van der Waals surface area contributed by atoms with Crippen LogP contribution < -0.4 is 5.32 Å². The summed E-state index contributed by atoms with van der Waals surface area (Å²) >= 11 is 0. The van der Waals surface area contributed by atoms with Crippen LogP contribution in [0.2, 0.25) is 0 Å². The van der Waals surface area contributed by atoms with E-state index < -0.39 is 5.54 Å². The fourth-order valence-corrected chi connectivity index (χ4v) is 5.47. The summed E-state index contributed by atoms with van der Waals surface area (Å²) in [4.78, 5) is 29.4. The first-order valence-electron chi connectivity index (χ1n) is 12.1. The molecule has 5 rings (SSSR count). The minimum Gasteiger partial charge on any atom is -0.463 e. The lowest BCUT2D eigenvalue weighted by Crippen LogP contribution is -2.65. The van der Waals surface area contributed by atoms with Crippen molar-refractivity contribution in [3.63, 3.8) is 0 Å². The van der Waals surface area contributed by atoms with Gasteiger partial charge in [0, 0.05) is 24.7 Å². The Bertz CT molecular complexity index is 1160. The molecule has 2 amide bonds. The molecule has 2 atom stereocenters. The van der Waals surface area contributed by atoms with Crippen LogP contribution in [0.4, 0.5) is 0 Å². The largest absolute Gasteiger partial charge is 0.463 e. The van der Waals surface area contributed by atoms with Crippen LogP contribution in [0.25, 0.3) is 11.1 Å². The number of benzene rings is 1. The van der Waals surface area contributed by atoms with E-state index >= 15 is 0 Å². The molecule has 0 saturated heterocycles. The number of amides is 2. The maximum absolute atomic E-state index is 13.8. The average Bonchev–Trinajstić information content (AvgIpc) is 3.41. The van der Waals surface area contributed by atoms with Crippen molar-refractivity contribution < 1.29 is 14.0 Å². The molecule has 2 aromatic heterocycles. The lowest BCUT2D eigenvalue weighted by molar-refractivity contribution is -0.134. The number of aromatic nitrogens is 1. The van der Waals surface area contributed by atoms with Gasteiger partial charge in [-0.25, -0.2) is 0 Å². The number of nitrogens with one attached hydrogen (secondary N) is 1. The van der Waals surface area contributed by atoms with Gasteiger partial charge in [0.15, 0.2) is 5.58 Å². The predicted molar refractivity (Wildman–Crippen MR) is 128 cm³/mol. The molecule has 3 heterocycles. The van der Waals surface area contributed by atoms with Crippen LogP contribution in [0.5, 0.6) is 0 Å². The van der Waals surface area contributed by atoms with Gasteiger partial charge in [-0.15, -0.1) is 0 Å². The van der Waals surface area contributed by atoms with Gasteiger partial charge in [0.2, 0.25) is 5.91 Å². The van der Waals surface area contributed by atoms with E-state index in [0.717, 1.165) is 36.8 Å². The normalized spacial score (nSPS) is 26.3. The fraction of sp³-hybridized carbons (Fsp3) is 0.481. The van der Waals surface area contributed by atoms with Crippen molar-refractivity contribution in [2.24, 2.45) is 5.92 Å². The Morgan fingerprint density at radius 2 is 1.91 bits per heavy atom. The number of hydrogen-bond donors (Lipinski definition) is 1. The van der Waals surface area contributed by atoms with Crippen LogP contribution >= 0.6 is 0 Å². The smallest absolute Gasteiger partial charge is 0.271 e. The first-order chi connectivity index (χ1) is 15.9. The third-order valence-electron chi connectivity index (χ3n) is 7.71. The van der Waals surface area contributed by atoms with Crippen molar-refractivity contribution in [3.8, 4) is 0 Å². The fourth-order valence-electron chi connectivity index (χ4n) is 5.47. The number of fused-ring (bicyclic) bond motifs is 3. The van der Waals surface area contributed by atoms with Gasteiger partial charge in [-0.1, -0.05) is 44.2 Å². The summed E-state index contributed by atoms with van der Waals surface area (Å²) < 4.78 is 7.52. The van der Waals surface area contributed by atoms with E-state index in [-0.39, 0.29) is 23.8 Å². The number of rotatable bonds is 5. The average molecular weight is 448 g/mol. The molecule has 0 bridgehead atoms. The highest BCUT2D eigenvalue weighted by molar-refractivity contribution is 6.03. The highest BCUT2D eigenvalue weighted by Gasteiger charge is 2.48. The molecule has 6 nitrogen and oxygen atoms in total. The van der Waals surface area contributed by atoms with Crippen molar-refractivity contribution in [2.75, 3.05) is 6.54 Å². The van der Waals surface area contributed by atoms with Crippen LogP contribution in [-0.4, -0.2) is 39.4 Å². The van der Waals surface area contributed by atoms with E-state index in [1.807, 2.05) is 35.8 Å². The van der Waals surface area contributed by atoms with E-state index in [1.54, 1.807) is 17.2 Å². The van der Waals surface area contributed by atoms with Crippen molar-refractivity contribution >= 4 is 22.9 Å². The van der Waals surface area contributed by atoms with Crippen LogP contribution in [0.1, 0.15) is 68.4 Å². The molecule has 0 radical (unpaired) electrons. The SMILES string of the molecule is CC1CCC(NC(=O)[C@@]2(C)Cn3c(cc4occc43)C(=O)N2C[C@H](C)c2ccccc2)CC1. The molecule has 1 aliphatic heterocycles. The van der Waals surface area contributed by atoms with Gasteiger partial charge in [0.25, 0.3) is 5.91 Å². The van der Waals surface area contributed by atoms with Gasteiger partial charge in [-0.05, 0) is 50.0 Å². The highest BCUT2D eigenvalue weighted by atomic mass is 16.3. The zero-order valence-corrected chi connectivity index (χ0v) is 19.7. The topological polar surface area (TPSA) is 67.5 Å². The molecule has 1 aromatic carbocycles. The summed E-state index contributed by atoms with van der Waals surface area (Å²) in [5, 5.41) is 3.31. The number of furan rings is 1. The second-order valence-corrected chi connectivity index (χ2v) is 10.2. The van der Waals surface area contributed by atoms with Crippen LogP contribution in [-0.2, 0) is 11.3 Å². The molecule has 0 spiro atoms. The van der Waals surface area contributed by atoms with E-state index in [9.17, 15) is 9.59 Å². The predicted octanol–water partition coefficient (Wildman–Crippen LogP) is 4.95. The Kier molecular flexibility index (Phi) is 5.55. The van der Waals surface area contributed by atoms with Crippen molar-refractivity contribution in [2.45, 2.75) is 70.5 Å². The molecule has 6 heteroatoms. The number of nitrogens with zero attached hydrogens (tertiary/aromatic N) is 2. The molecule has 2 aliphatic rings. The molecule has 1 fully saturated rings. The van der Waals surface area contributed by atoms with Gasteiger partial charge in [-0.2, -0.15) is 0 Å². The summed E-state index contributed by atoms with van der Waals surface area (Å²) in [5.41, 5.74) is 2.30. The zero-order valence-electron chi connectivity index (χ0n) is 19.7. The molecule has 3 aromatic rings. The second-order valence-electron chi connectivity index (χ2n) is 10.2. The standard InChI is InChI=1S/C27H33N3O3/c1-18-9-11-21(12-10-18)28-26(32)27(3)17-29-22-13-14-33-24(22)15-23(29)25(31)30(27)16-19(2)20-7-5-4-6-8-20/h4-8,13-15,18-19,21H,9-12,16-17H2,1-3H3,(H,28,32)/t18?,19-,21?,27+/m0/s1. The van der Waals surface area contributed by atoms with Crippen molar-refractivity contribution in [1.29, 1.82) is 0 Å². The summed E-state index contributed by atoms with van der Waals surface area (Å²) in [6, 6.07) is 14.0. The number of hydrogen-bond acceptors (Lipinski definition) is 3.